The van der Waals surface area contributed by atoms with Gasteiger partial charge in [-0.25, -0.2) is 0 Å². The Morgan fingerprint density at radius 2 is 1.68 bits per heavy atom. The first-order valence-corrected chi connectivity index (χ1v) is 14.1. The molecule has 1 saturated heterocycles. The van der Waals surface area contributed by atoms with E-state index < -0.39 is 5.54 Å². The Kier molecular flexibility index (Phi) is 10.6. The number of aldehydes is 1. The molecule has 4 aliphatic rings. The predicted octanol–water partition coefficient (Wildman–Crippen LogP) is 4.14. The van der Waals surface area contributed by atoms with E-state index >= 15 is 0 Å². The lowest BCUT2D eigenvalue weighted by Crippen LogP contribution is -2.59. The average Bonchev–Trinajstić information content (AvgIpc) is 2.90. The maximum atomic E-state index is 12.7. The van der Waals surface area contributed by atoms with Gasteiger partial charge in [-0.2, -0.15) is 0 Å². The molecule has 0 radical (unpaired) electrons. The van der Waals surface area contributed by atoms with Crippen molar-refractivity contribution in [2.75, 3.05) is 65.4 Å². The zero-order valence-corrected chi connectivity index (χ0v) is 23.8. The van der Waals surface area contributed by atoms with E-state index in [9.17, 15) is 4.79 Å². The van der Waals surface area contributed by atoms with Crippen LogP contribution in [0.1, 0.15) is 52.4 Å². The van der Waals surface area contributed by atoms with E-state index in [0.29, 0.717) is 5.41 Å². The summed E-state index contributed by atoms with van der Waals surface area (Å²) in [5, 5.41) is 6.89. The second kappa shape index (κ2) is 13.2. The average molecular weight is 515 g/mol. The van der Waals surface area contributed by atoms with Crippen LogP contribution in [0.15, 0.2) is 30.3 Å². The van der Waals surface area contributed by atoms with Gasteiger partial charge >= 0.3 is 0 Å². The summed E-state index contributed by atoms with van der Waals surface area (Å²) in [6, 6.07) is 10.6. The topological polar surface area (TPSA) is 67.3 Å². The summed E-state index contributed by atoms with van der Waals surface area (Å²) in [5.41, 5.74) is 1.31. The second-order valence-electron chi connectivity index (χ2n) is 12.4. The molecule has 3 aliphatic carbocycles. The van der Waals surface area contributed by atoms with E-state index in [0.717, 1.165) is 69.1 Å². The number of piperidine rings is 1. The number of carboxylic acid groups (broad SMARTS) is 1. The molecule has 3 unspecified atom stereocenters. The summed E-state index contributed by atoms with van der Waals surface area (Å²) in [6.07, 6.45) is 8.77. The van der Waals surface area contributed by atoms with Gasteiger partial charge in [-0.3, -0.25) is 9.69 Å². The largest absolute Gasteiger partial charge is 0.483 e. The molecule has 1 heterocycles. The number of hydrogen-bond acceptors (Lipinski definition) is 6. The van der Waals surface area contributed by atoms with Gasteiger partial charge in [0.1, 0.15) is 6.29 Å². The Hall–Kier alpha value is -1.96. The van der Waals surface area contributed by atoms with Crippen molar-refractivity contribution in [3.05, 3.63) is 30.3 Å². The van der Waals surface area contributed by atoms with Crippen molar-refractivity contribution in [3.8, 4) is 0 Å². The fourth-order valence-electron chi connectivity index (χ4n) is 7.04. The predicted molar refractivity (Wildman–Crippen MR) is 151 cm³/mol. The molecular formula is C30H50N4O3. The molecule has 208 valence electrons. The van der Waals surface area contributed by atoms with Crippen LogP contribution in [0.25, 0.3) is 0 Å². The van der Waals surface area contributed by atoms with Crippen LogP contribution in [0.4, 0.5) is 5.69 Å². The monoisotopic (exact) mass is 514 g/mol. The molecule has 1 aromatic carbocycles. The molecule has 3 atom stereocenters. The van der Waals surface area contributed by atoms with Crippen LogP contribution in [-0.4, -0.2) is 98.6 Å². The van der Waals surface area contributed by atoms with Crippen molar-refractivity contribution in [2.24, 2.45) is 23.2 Å². The van der Waals surface area contributed by atoms with Gasteiger partial charge in [-0.15, -0.1) is 0 Å². The standard InChI is InChI=1S/C29H48N4O.CH2O2/c1-28(2)25-12-11-24(27(28)21-25)13-16-32-17-14-29(22-34,15-18-32)33(26-9-7-6-8-10-26)23-31(5)20-19-30(3)4;2-1-3/h6-10,22,24-25,27H,11-21,23H2,1-5H3;1H,(H,2,3). The fraction of sp³-hybridized carbons (Fsp3) is 0.733. The van der Waals surface area contributed by atoms with Crippen LogP contribution >= 0.6 is 0 Å². The molecule has 7 heteroatoms. The first-order chi connectivity index (χ1) is 17.7. The number of hydrogen-bond donors (Lipinski definition) is 1. The highest BCUT2D eigenvalue weighted by molar-refractivity contribution is 5.72. The van der Waals surface area contributed by atoms with E-state index in [1.165, 1.54) is 38.5 Å². The SMILES string of the molecule is CN(C)CCN(C)CN(c1ccccc1)C1(C=O)CCN(CCC2CCC3CC2C3(C)C)CC1.O=CO. The third-order valence-electron chi connectivity index (χ3n) is 9.68. The molecular weight excluding hydrogens is 464 g/mol. The van der Waals surface area contributed by atoms with E-state index in [-0.39, 0.29) is 6.47 Å². The van der Waals surface area contributed by atoms with Crippen molar-refractivity contribution >= 4 is 18.4 Å². The van der Waals surface area contributed by atoms with Crippen LogP contribution in [0.3, 0.4) is 0 Å². The highest BCUT2D eigenvalue weighted by Crippen LogP contribution is 2.62. The van der Waals surface area contributed by atoms with Gasteiger partial charge in [0.15, 0.2) is 0 Å². The molecule has 0 spiro atoms. The van der Waals surface area contributed by atoms with Crippen LogP contribution in [0.2, 0.25) is 0 Å². The minimum absolute atomic E-state index is 0.250. The lowest BCUT2D eigenvalue weighted by Gasteiger charge is -2.60. The third kappa shape index (κ3) is 7.12. The Labute approximate surface area is 224 Å². The Morgan fingerprint density at radius 3 is 2.22 bits per heavy atom. The molecule has 2 bridgehead atoms. The Morgan fingerprint density at radius 1 is 1.03 bits per heavy atom. The quantitative estimate of drug-likeness (QED) is 0.352. The lowest BCUT2D eigenvalue weighted by atomic mass is 9.45. The lowest BCUT2D eigenvalue weighted by molar-refractivity contribution is -0.122. The number of fused-ring (bicyclic) bond motifs is 2. The van der Waals surface area contributed by atoms with Gasteiger partial charge < -0.3 is 24.6 Å². The molecule has 1 aliphatic heterocycles. The number of nitrogens with zero attached hydrogens (tertiary/aromatic N) is 4. The van der Waals surface area contributed by atoms with Crippen LogP contribution in [0, 0.1) is 23.2 Å². The van der Waals surface area contributed by atoms with E-state index in [2.05, 4.69) is 84.9 Å². The molecule has 0 aromatic heterocycles. The van der Waals surface area contributed by atoms with Gasteiger partial charge in [0.05, 0.1) is 12.2 Å². The highest BCUT2D eigenvalue weighted by Gasteiger charge is 2.53. The molecule has 1 aromatic rings. The van der Waals surface area contributed by atoms with E-state index in [1.807, 2.05) is 0 Å². The number of rotatable bonds is 11. The summed E-state index contributed by atoms with van der Waals surface area (Å²) < 4.78 is 0. The maximum absolute atomic E-state index is 12.7. The summed E-state index contributed by atoms with van der Waals surface area (Å²) in [4.78, 5) is 30.6. The molecule has 37 heavy (non-hydrogen) atoms. The number of para-hydroxylation sites is 1. The Balaban J connectivity index is 0.00000121. The van der Waals surface area contributed by atoms with Gasteiger partial charge in [0.25, 0.3) is 6.47 Å². The number of carbonyl (C=O) groups excluding carboxylic acids is 1. The highest BCUT2D eigenvalue weighted by atomic mass is 16.3. The van der Waals surface area contributed by atoms with Crippen LogP contribution in [-0.2, 0) is 9.59 Å². The smallest absolute Gasteiger partial charge is 0.290 e. The number of benzene rings is 1. The minimum atomic E-state index is -0.418. The zero-order chi connectivity index (χ0) is 27.1. The molecule has 7 nitrogen and oxygen atoms in total. The fourth-order valence-corrected chi connectivity index (χ4v) is 7.04. The first-order valence-electron chi connectivity index (χ1n) is 14.1. The third-order valence-corrected chi connectivity index (χ3v) is 9.68. The number of likely N-dealkylation sites (tertiary alicyclic amines) is 1. The second-order valence-corrected chi connectivity index (χ2v) is 12.4. The van der Waals surface area contributed by atoms with Gasteiger partial charge in [0.2, 0.25) is 0 Å². The van der Waals surface area contributed by atoms with E-state index in [1.54, 1.807) is 0 Å². The minimum Gasteiger partial charge on any atom is -0.483 e. The van der Waals surface area contributed by atoms with Crippen molar-refractivity contribution in [3.63, 3.8) is 0 Å². The van der Waals surface area contributed by atoms with Gasteiger partial charge in [0, 0.05) is 31.9 Å². The summed E-state index contributed by atoms with van der Waals surface area (Å²) in [7, 11) is 6.40. The molecule has 0 amide bonds. The summed E-state index contributed by atoms with van der Waals surface area (Å²) in [6.45, 7) is 10.8. The molecule has 3 saturated carbocycles. The van der Waals surface area contributed by atoms with Crippen LogP contribution in [0.5, 0.6) is 0 Å². The van der Waals surface area contributed by atoms with Gasteiger partial charge in [-0.1, -0.05) is 32.0 Å². The normalized spacial score (nSPS) is 26.1. The van der Waals surface area contributed by atoms with Crippen molar-refractivity contribution in [1.29, 1.82) is 0 Å². The van der Waals surface area contributed by atoms with E-state index in [4.69, 9.17) is 9.90 Å². The van der Waals surface area contributed by atoms with Crippen molar-refractivity contribution in [2.45, 2.75) is 57.9 Å². The first kappa shape index (κ1) is 29.6. The Bertz CT molecular complexity index is 836. The number of carbonyl (C=O) groups is 2. The zero-order valence-electron chi connectivity index (χ0n) is 23.8. The maximum Gasteiger partial charge on any atom is 0.290 e. The number of anilines is 1. The van der Waals surface area contributed by atoms with Crippen LogP contribution < -0.4 is 4.90 Å². The molecule has 1 N–H and O–H groups in total. The summed E-state index contributed by atoms with van der Waals surface area (Å²) >= 11 is 0. The molecule has 5 rings (SSSR count). The van der Waals surface area contributed by atoms with Gasteiger partial charge in [-0.05, 0) is 102 Å². The molecule has 4 fully saturated rings. The number of likely N-dealkylation sites (N-methyl/N-ethyl adjacent to an activating group) is 2. The van der Waals surface area contributed by atoms with Crippen molar-refractivity contribution < 1.29 is 14.7 Å². The summed E-state index contributed by atoms with van der Waals surface area (Å²) in [5.74, 6) is 2.83. The van der Waals surface area contributed by atoms with Crippen molar-refractivity contribution in [1.82, 2.24) is 14.7 Å².